The van der Waals surface area contributed by atoms with Crippen LogP contribution < -0.4 is 5.56 Å². The van der Waals surface area contributed by atoms with Crippen LogP contribution >= 0.6 is 11.8 Å². The van der Waals surface area contributed by atoms with Crippen molar-refractivity contribution in [2.45, 2.75) is 44.5 Å². The molecule has 0 saturated carbocycles. The lowest BCUT2D eigenvalue weighted by atomic mass is 10.3. The molecule has 2 heterocycles. The fourth-order valence-corrected chi connectivity index (χ4v) is 2.92. The number of rotatable bonds is 5. The second kappa shape index (κ2) is 6.30. The molecule has 0 aliphatic carbocycles. The molecule has 0 aliphatic rings. The van der Waals surface area contributed by atoms with Crippen molar-refractivity contribution in [3.8, 4) is 0 Å². The van der Waals surface area contributed by atoms with Crippen LogP contribution in [0.1, 0.15) is 31.5 Å². The van der Waals surface area contributed by atoms with Crippen molar-refractivity contribution in [3.63, 3.8) is 0 Å². The number of nitrogens with zero attached hydrogens (tertiary/aromatic N) is 3. The number of carbonyl (C=O) groups excluding carboxylic acids is 1. The van der Waals surface area contributed by atoms with Crippen LogP contribution in [-0.2, 0) is 9.53 Å². The van der Waals surface area contributed by atoms with Crippen LogP contribution in [0.25, 0.3) is 5.78 Å². The first-order chi connectivity index (χ1) is 9.99. The van der Waals surface area contributed by atoms with Crippen LogP contribution in [0.2, 0.25) is 0 Å². The van der Waals surface area contributed by atoms with Gasteiger partial charge in [-0.3, -0.25) is 19.0 Å². The number of nitrogens with one attached hydrogen (secondary N) is 1. The Kier molecular flexibility index (Phi) is 4.66. The Labute approximate surface area is 126 Å². The lowest BCUT2D eigenvalue weighted by Crippen LogP contribution is -2.20. The van der Waals surface area contributed by atoms with Crippen LogP contribution in [0.4, 0.5) is 0 Å². The minimum atomic E-state index is -0.344. The summed E-state index contributed by atoms with van der Waals surface area (Å²) >= 11 is 1.29. The highest BCUT2D eigenvalue weighted by Crippen LogP contribution is 2.25. The van der Waals surface area contributed by atoms with Gasteiger partial charge in [-0.2, -0.15) is 0 Å². The van der Waals surface area contributed by atoms with E-state index in [1.165, 1.54) is 11.8 Å². The molecule has 21 heavy (non-hydrogen) atoms. The van der Waals surface area contributed by atoms with Gasteiger partial charge in [-0.1, -0.05) is 18.7 Å². The molecule has 0 spiro atoms. The molecule has 0 radical (unpaired) electrons. The number of aryl methyl sites for hydroxylation is 1. The van der Waals surface area contributed by atoms with Crippen LogP contribution in [-0.4, -0.2) is 37.4 Å². The van der Waals surface area contributed by atoms with Gasteiger partial charge in [0.05, 0.1) is 6.61 Å². The Morgan fingerprint density at radius 1 is 1.38 bits per heavy atom. The number of carbonyl (C=O) groups is 1. The standard InChI is InChI=1S/C13H18N4O3S/c1-5-9(11(19)20-6-2)21-13-16-15-12-14-10(18)7(3)8(4)17(12)13/h9H,5-6H2,1-4H3,(H,14,15,18). The van der Waals surface area contributed by atoms with Gasteiger partial charge in [-0.15, -0.1) is 10.2 Å². The Hall–Kier alpha value is -1.83. The molecule has 0 amide bonds. The van der Waals surface area contributed by atoms with Gasteiger partial charge in [0.15, 0.2) is 5.16 Å². The summed E-state index contributed by atoms with van der Waals surface area (Å²) in [7, 11) is 0. The molecule has 0 bridgehead atoms. The molecule has 0 saturated heterocycles. The molecule has 1 N–H and O–H groups in total. The molecule has 2 aromatic rings. The summed E-state index contributed by atoms with van der Waals surface area (Å²) in [5, 5.41) is 8.25. The number of aromatic nitrogens is 4. The van der Waals surface area contributed by atoms with Gasteiger partial charge >= 0.3 is 5.97 Å². The Morgan fingerprint density at radius 2 is 2.10 bits per heavy atom. The Morgan fingerprint density at radius 3 is 2.71 bits per heavy atom. The second-order valence-corrected chi connectivity index (χ2v) is 5.74. The minimum absolute atomic E-state index is 0.179. The van der Waals surface area contributed by atoms with E-state index >= 15 is 0 Å². The van der Waals surface area contributed by atoms with Gasteiger partial charge in [-0.25, -0.2) is 0 Å². The summed E-state index contributed by atoms with van der Waals surface area (Å²) in [4.78, 5) is 26.3. The average Bonchev–Trinajstić information content (AvgIpc) is 2.85. The summed E-state index contributed by atoms with van der Waals surface area (Å²) < 4.78 is 6.81. The fourth-order valence-electron chi connectivity index (χ4n) is 1.92. The monoisotopic (exact) mass is 310 g/mol. The summed E-state index contributed by atoms with van der Waals surface area (Å²) in [6.45, 7) is 7.61. The van der Waals surface area contributed by atoms with E-state index in [1.807, 2.05) is 13.8 Å². The number of thioether (sulfide) groups is 1. The Balaban J connectivity index is 2.41. The predicted octanol–water partition coefficient (Wildman–Crippen LogP) is 1.47. The van der Waals surface area contributed by atoms with E-state index in [2.05, 4.69) is 15.2 Å². The third-order valence-corrected chi connectivity index (χ3v) is 4.53. The highest BCUT2D eigenvalue weighted by molar-refractivity contribution is 8.00. The van der Waals surface area contributed by atoms with Gasteiger partial charge in [0, 0.05) is 11.3 Å². The number of ether oxygens (including phenoxy) is 1. The number of H-pyrrole nitrogens is 1. The van der Waals surface area contributed by atoms with E-state index in [9.17, 15) is 9.59 Å². The maximum absolute atomic E-state index is 11.9. The molecule has 8 heteroatoms. The first kappa shape index (κ1) is 15.6. The maximum atomic E-state index is 11.9. The van der Waals surface area contributed by atoms with Gasteiger partial charge in [-0.05, 0) is 27.2 Å². The van der Waals surface area contributed by atoms with Crippen LogP contribution in [0.3, 0.4) is 0 Å². The predicted molar refractivity (Wildman–Crippen MR) is 79.7 cm³/mol. The largest absolute Gasteiger partial charge is 0.465 e. The molecule has 2 aromatic heterocycles. The van der Waals surface area contributed by atoms with Crippen molar-refractivity contribution < 1.29 is 9.53 Å². The van der Waals surface area contributed by atoms with Crippen LogP contribution in [0, 0.1) is 13.8 Å². The van der Waals surface area contributed by atoms with Crippen molar-refractivity contribution in [2.75, 3.05) is 6.61 Å². The number of fused-ring (bicyclic) bond motifs is 1. The van der Waals surface area contributed by atoms with Crippen molar-refractivity contribution in [3.05, 3.63) is 21.6 Å². The molecule has 0 fully saturated rings. The molecule has 2 rings (SSSR count). The van der Waals surface area contributed by atoms with Crippen LogP contribution in [0.15, 0.2) is 9.95 Å². The summed E-state index contributed by atoms with van der Waals surface area (Å²) in [6.07, 6.45) is 0.625. The number of esters is 1. The zero-order chi connectivity index (χ0) is 15.6. The third kappa shape index (κ3) is 2.94. The molecule has 114 valence electrons. The van der Waals surface area contributed by atoms with E-state index in [1.54, 1.807) is 18.2 Å². The lowest BCUT2D eigenvalue weighted by Gasteiger charge is -2.12. The summed E-state index contributed by atoms with van der Waals surface area (Å²) in [6, 6.07) is 0. The number of aromatic amines is 1. The zero-order valence-corrected chi connectivity index (χ0v) is 13.3. The second-order valence-electron chi connectivity index (χ2n) is 4.57. The van der Waals surface area contributed by atoms with E-state index in [0.717, 1.165) is 5.69 Å². The third-order valence-electron chi connectivity index (χ3n) is 3.25. The molecule has 7 nitrogen and oxygen atoms in total. The first-order valence-electron chi connectivity index (χ1n) is 6.77. The van der Waals surface area contributed by atoms with Gasteiger partial charge in [0.2, 0.25) is 5.78 Å². The van der Waals surface area contributed by atoms with Gasteiger partial charge < -0.3 is 4.74 Å². The van der Waals surface area contributed by atoms with E-state index < -0.39 is 0 Å². The van der Waals surface area contributed by atoms with Crippen molar-refractivity contribution in [2.24, 2.45) is 0 Å². The molecular formula is C13H18N4O3S. The van der Waals surface area contributed by atoms with E-state index in [-0.39, 0.29) is 16.8 Å². The average molecular weight is 310 g/mol. The molecule has 1 atom stereocenters. The minimum Gasteiger partial charge on any atom is -0.465 e. The fraction of sp³-hybridized carbons (Fsp3) is 0.538. The lowest BCUT2D eigenvalue weighted by molar-refractivity contribution is -0.142. The highest BCUT2D eigenvalue weighted by Gasteiger charge is 2.23. The van der Waals surface area contributed by atoms with Crippen molar-refractivity contribution in [1.82, 2.24) is 19.6 Å². The first-order valence-corrected chi connectivity index (χ1v) is 7.65. The number of hydrogen-bond donors (Lipinski definition) is 1. The molecule has 0 aromatic carbocycles. The Bertz CT molecular complexity index is 722. The molecule has 0 aliphatic heterocycles. The van der Waals surface area contributed by atoms with Crippen molar-refractivity contribution >= 4 is 23.5 Å². The number of hydrogen-bond acceptors (Lipinski definition) is 6. The van der Waals surface area contributed by atoms with Crippen molar-refractivity contribution in [1.29, 1.82) is 0 Å². The topological polar surface area (TPSA) is 89.3 Å². The van der Waals surface area contributed by atoms with E-state index in [0.29, 0.717) is 29.5 Å². The highest BCUT2D eigenvalue weighted by atomic mass is 32.2. The SMILES string of the molecule is CCOC(=O)C(CC)Sc1nnc2[nH]c(=O)c(C)c(C)n12. The zero-order valence-electron chi connectivity index (χ0n) is 12.5. The van der Waals surface area contributed by atoms with Gasteiger partial charge in [0.1, 0.15) is 5.25 Å². The smallest absolute Gasteiger partial charge is 0.319 e. The quantitative estimate of drug-likeness (QED) is 0.664. The van der Waals surface area contributed by atoms with Crippen LogP contribution in [0.5, 0.6) is 0 Å². The molecular weight excluding hydrogens is 292 g/mol. The normalized spacial score (nSPS) is 12.6. The molecule has 1 unspecified atom stereocenters. The van der Waals surface area contributed by atoms with Gasteiger partial charge in [0.25, 0.3) is 5.56 Å². The maximum Gasteiger partial charge on any atom is 0.319 e. The van der Waals surface area contributed by atoms with E-state index in [4.69, 9.17) is 4.74 Å². The summed E-state index contributed by atoms with van der Waals surface area (Å²) in [5.41, 5.74) is 1.19. The summed E-state index contributed by atoms with van der Waals surface area (Å²) in [5.74, 6) is 0.116.